The van der Waals surface area contributed by atoms with Crippen LogP contribution in [0.15, 0.2) is 64.4 Å². The van der Waals surface area contributed by atoms with Crippen molar-refractivity contribution in [2.75, 3.05) is 5.73 Å². The number of aromatic hydroxyl groups is 1. The second-order valence-electron chi connectivity index (χ2n) is 4.79. The van der Waals surface area contributed by atoms with Crippen LogP contribution in [0.4, 0.5) is 5.69 Å². The zero-order valence-corrected chi connectivity index (χ0v) is 14.4. The smallest absolute Gasteiger partial charge is 0.122 e. The van der Waals surface area contributed by atoms with Crippen LogP contribution < -0.4 is 10.5 Å². The molecule has 0 bridgehead atoms. The number of phenolic OH excluding ortho intramolecular Hbond substituents is 1. The number of thiophene rings is 1. The molecule has 1 heterocycles. The summed E-state index contributed by atoms with van der Waals surface area (Å²) >= 11 is 8.94. The van der Waals surface area contributed by atoms with Crippen LogP contribution in [0.1, 0.15) is 4.88 Å². The minimum absolute atomic E-state index is 0.250. The lowest BCUT2D eigenvalue weighted by Crippen LogP contribution is -1.95. The van der Waals surface area contributed by atoms with E-state index in [1.807, 2.05) is 42.5 Å². The third-order valence-electron chi connectivity index (χ3n) is 3.06. The number of anilines is 1. The van der Waals surface area contributed by atoms with Gasteiger partial charge in [0.05, 0.1) is 4.34 Å². The maximum atomic E-state index is 9.31. The van der Waals surface area contributed by atoms with Gasteiger partial charge in [0.1, 0.15) is 18.1 Å². The Labute approximate surface area is 147 Å². The average molecular weight is 364 g/mol. The van der Waals surface area contributed by atoms with Crippen molar-refractivity contribution in [2.45, 2.75) is 16.4 Å². The molecule has 0 atom stereocenters. The van der Waals surface area contributed by atoms with Crippen LogP contribution in [-0.2, 0) is 6.61 Å². The van der Waals surface area contributed by atoms with Crippen LogP contribution in [0, 0.1) is 0 Å². The van der Waals surface area contributed by atoms with E-state index >= 15 is 0 Å². The number of nitrogen functional groups attached to an aromatic ring is 1. The minimum Gasteiger partial charge on any atom is -0.508 e. The number of benzene rings is 2. The van der Waals surface area contributed by atoms with Gasteiger partial charge in [-0.2, -0.15) is 0 Å². The van der Waals surface area contributed by atoms with Crippen LogP contribution in [0.3, 0.4) is 0 Å². The van der Waals surface area contributed by atoms with E-state index in [0.717, 1.165) is 24.8 Å². The molecule has 23 heavy (non-hydrogen) atoms. The molecule has 3 nitrogen and oxygen atoms in total. The molecule has 0 spiro atoms. The van der Waals surface area contributed by atoms with Gasteiger partial charge >= 0.3 is 0 Å². The number of halogens is 1. The molecule has 0 aliphatic carbocycles. The van der Waals surface area contributed by atoms with Crippen LogP contribution in [0.5, 0.6) is 11.5 Å². The van der Waals surface area contributed by atoms with Gasteiger partial charge in [-0.3, -0.25) is 0 Å². The van der Waals surface area contributed by atoms with Crippen molar-refractivity contribution in [2.24, 2.45) is 0 Å². The highest BCUT2D eigenvalue weighted by molar-refractivity contribution is 7.99. The van der Waals surface area contributed by atoms with Gasteiger partial charge in [-0.1, -0.05) is 23.4 Å². The van der Waals surface area contributed by atoms with Crippen molar-refractivity contribution in [3.05, 3.63) is 63.8 Å². The van der Waals surface area contributed by atoms with Gasteiger partial charge in [0.25, 0.3) is 0 Å². The van der Waals surface area contributed by atoms with Crippen molar-refractivity contribution in [3.8, 4) is 11.5 Å². The monoisotopic (exact) mass is 363 g/mol. The van der Waals surface area contributed by atoms with Gasteiger partial charge in [0.2, 0.25) is 0 Å². The van der Waals surface area contributed by atoms with Crippen LogP contribution in [0.25, 0.3) is 0 Å². The minimum atomic E-state index is 0.250. The number of phenols is 1. The molecular weight excluding hydrogens is 350 g/mol. The van der Waals surface area contributed by atoms with Crippen molar-refractivity contribution in [1.82, 2.24) is 0 Å². The molecule has 0 aliphatic heterocycles. The Balaban J connectivity index is 1.66. The van der Waals surface area contributed by atoms with Crippen molar-refractivity contribution in [3.63, 3.8) is 0 Å². The van der Waals surface area contributed by atoms with Gasteiger partial charge < -0.3 is 15.6 Å². The van der Waals surface area contributed by atoms with Crippen molar-refractivity contribution >= 4 is 40.4 Å². The Kier molecular flexibility index (Phi) is 5.00. The fraction of sp³-hybridized carbons (Fsp3) is 0.0588. The Hall–Kier alpha value is -1.82. The molecule has 1 aromatic heterocycles. The van der Waals surface area contributed by atoms with E-state index in [9.17, 15) is 5.11 Å². The molecule has 3 rings (SSSR count). The average Bonchev–Trinajstić information content (AvgIpc) is 2.95. The summed E-state index contributed by atoms with van der Waals surface area (Å²) in [5, 5.41) is 9.31. The topological polar surface area (TPSA) is 55.5 Å². The van der Waals surface area contributed by atoms with Gasteiger partial charge in [0.15, 0.2) is 0 Å². The highest BCUT2D eigenvalue weighted by atomic mass is 35.5. The van der Waals surface area contributed by atoms with Gasteiger partial charge in [-0.15, -0.1) is 11.3 Å². The molecule has 0 amide bonds. The Morgan fingerprint density at radius 1 is 1.09 bits per heavy atom. The molecule has 0 radical (unpaired) electrons. The first-order chi connectivity index (χ1) is 11.1. The van der Waals surface area contributed by atoms with Crippen LogP contribution in [0.2, 0.25) is 4.34 Å². The normalized spacial score (nSPS) is 10.7. The van der Waals surface area contributed by atoms with E-state index in [1.54, 1.807) is 23.9 Å². The Morgan fingerprint density at radius 3 is 2.52 bits per heavy atom. The lowest BCUT2D eigenvalue weighted by atomic mass is 10.3. The van der Waals surface area contributed by atoms with E-state index in [1.165, 1.54) is 11.3 Å². The number of rotatable bonds is 5. The van der Waals surface area contributed by atoms with Gasteiger partial charge in [-0.25, -0.2) is 0 Å². The maximum absolute atomic E-state index is 9.31. The summed E-state index contributed by atoms with van der Waals surface area (Å²) in [7, 11) is 0. The van der Waals surface area contributed by atoms with E-state index in [0.29, 0.717) is 12.3 Å². The molecule has 0 aliphatic rings. The van der Waals surface area contributed by atoms with E-state index in [2.05, 4.69) is 0 Å². The lowest BCUT2D eigenvalue weighted by Gasteiger charge is -2.09. The Morgan fingerprint density at radius 2 is 1.87 bits per heavy atom. The van der Waals surface area contributed by atoms with E-state index < -0.39 is 0 Å². The largest absolute Gasteiger partial charge is 0.508 e. The quantitative estimate of drug-likeness (QED) is 0.594. The molecular formula is C17H14ClNO2S2. The molecule has 2 aromatic carbocycles. The summed E-state index contributed by atoms with van der Waals surface area (Å²) in [4.78, 5) is 3.02. The number of nitrogens with two attached hydrogens (primary N) is 1. The second-order valence-corrected chi connectivity index (χ2v) is 7.71. The Bertz CT molecular complexity index is 803. The predicted molar refractivity (Wildman–Crippen MR) is 96.7 cm³/mol. The standard InChI is InChI=1S/C17H14ClNO2S2/c18-17-8-6-14(23-17)10-21-12-3-7-16(15(19)9-12)22-13-4-1-11(20)2-5-13/h1-9,20H,10,19H2. The first-order valence-electron chi connectivity index (χ1n) is 6.83. The molecule has 0 saturated heterocycles. The third-order valence-corrected chi connectivity index (χ3v) is 5.36. The molecule has 118 valence electrons. The van der Waals surface area contributed by atoms with Gasteiger partial charge in [-0.05, 0) is 48.5 Å². The van der Waals surface area contributed by atoms with Crippen molar-refractivity contribution in [1.29, 1.82) is 0 Å². The van der Waals surface area contributed by atoms with Gasteiger partial charge in [0, 0.05) is 26.4 Å². The highest BCUT2D eigenvalue weighted by Crippen LogP contribution is 2.35. The zero-order valence-electron chi connectivity index (χ0n) is 12.0. The highest BCUT2D eigenvalue weighted by Gasteiger charge is 2.05. The van der Waals surface area contributed by atoms with Crippen LogP contribution in [-0.4, -0.2) is 5.11 Å². The fourth-order valence-electron chi connectivity index (χ4n) is 1.93. The molecule has 0 fully saturated rings. The number of hydrogen-bond acceptors (Lipinski definition) is 5. The summed E-state index contributed by atoms with van der Waals surface area (Å²) < 4.78 is 6.49. The zero-order chi connectivity index (χ0) is 16.2. The summed E-state index contributed by atoms with van der Waals surface area (Å²) in [6.07, 6.45) is 0. The second kappa shape index (κ2) is 7.17. The number of hydrogen-bond donors (Lipinski definition) is 2. The molecule has 3 aromatic rings. The third kappa shape index (κ3) is 4.34. The first kappa shape index (κ1) is 16.1. The SMILES string of the molecule is Nc1cc(OCc2ccc(Cl)s2)ccc1Sc1ccc(O)cc1. The summed E-state index contributed by atoms with van der Waals surface area (Å²) in [5.74, 6) is 0.974. The predicted octanol–water partition coefficient (Wildman–Crippen LogP) is 5.42. The van der Waals surface area contributed by atoms with E-state index in [4.69, 9.17) is 22.1 Å². The summed E-state index contributed by atoms with van der Waals surface area (Å²) in [5.41, 5.74) is 6.76. The van der Waals surface area contributed by atoms with Crippen LogP contribution >= 0.6 is 34.7 Å². The first-order valence-corrected chi connectivity index (χ1v) is 8.85. The van der Waals surface area contributed by atoms with Crippen molar-refractivity contribution < 1.29 is 9.84 Å². The summed E-state index contributed by atoms with van der Waals surface area (Å²) in [6.45, 7) is 0.473. The molecule has 0 saturated carbocycles. The summed E-state index contributed by atoms with van der Waals surface area (Å²) in [6, 6.07) is 16.5. The molecule has 0 unspecified atom stereocenters. The maximum Gasteiger partial charge on any atom is 0.122 e. The van der Waals surface area contributed by atoms with E-state index in [-0.39, 0.29) is 5.75 Å². The molecule has 3 N–H and O–H groups in total. The fourth-order valence-corrected chi connectivity index (χ4v) is 3.77. The molecule has 6 heteroatoms. The lowest BCUT2D eigenvalue weighted by molar-refractivity contribution is 0.310. The number of ether oxygens (including phenoxy) is 1.